The minimum atomic E-state index is -0.237. The van der Waals surface area contributed by atoms with E-state index in [1.54, 1.807) is 10.6 Å². The number of pyridine rings is 2. The van der Waals surface area contributed by atoms with Gasteiger partial charge in [0.25, 0.3) is 11.5 Å². The maximum absolute atomic E-state index is 12.7. The van der Waals surface area contributed by atoms with Gasteiger partial charge in [-0.1, -0.05) is 0 Å². The van der Waals surface area contributed by atoms with Gasteiger partial charge in [-0.25, -0.2) is 4.52 Å². The Kier molecular flexibility index (Phi) is 4.64. The van der Waals surface area contributed by atoms with Gasteiger partial charge < -0.3 is 10.3 Å². The molecule has 1 saturated heterocycles. The molecule has 2 N–H and O–H groups in total. The number of thiazole rings is 1. The van der Waals surface area contributed by atoms with Crippen molar-refractivity contribution in [1.82, 2.24) is 29.8 Å². The summed E-state index contributed by atoms with van der Waals surface area (Å²) in [4.78, 5) is 35.6. The maximum Gasteiger partial charge on any atom is 0.261 e. The summed E-state index contributed by atoms with van der Waals surface area (Å²) in [6.07, 6.45) is 5.78. The molecule has 0 radical (unpaired) electrons. The Morgan fingerprint density at radius 2 is 2.31 bits per heavy atom. The molecule has 0 saturated carbocycles. The Balaban J connectivity index is 1.43. The normalized spacial score (nSPS) is 17.7. The van der Waals surface area contributed by atoms with Crippen molar-refractivity contribution in [2.45, 2.75) is 25.8 Å². The fraction of sp³-hybridized carbons (Fsp3) is 0.368. The fourth-order valence-electron chi connectivity index (χ4n) is 3.99. The molecule has 4 aromatic heterocycles. The Morgan fingerprint density at radius 3 is 3.10 bits per heavy atom. The summed E-state index contributed by atoms with van der Waals surface area (Å²) in [6.45, 7) is 4.73. The monoisotopic (exact) mass is 474 g/mol. The molecule has 1 aliphatic heterocycles. The minimum Gasteiger partial charge on any atom is -0.351 e. The van der Waals surface area contributed by atoms with E-state index in [0.717, 1.165) is 21.7 Å². The van der Waals surface area contributed by atoms with Gasteiger partial charge in [0.05, 0.1) is 21.1 Å². The number of nitrogens with zero attached hydrogens (tertiary/aromatic N) is 4. The average Bonchev–Trinajstić information content (AvgIpc) is 3.35. The van der Waals surface area contributed by atoms with E-state index in [4.69, 9.17) is 0 Å². The number of aromatic nitrogens is 4. The summed E-state index contributed by atoms with van der Waals surface area (Å²) in [6, 6.07) is 2.24. The first-order chi connectivity index (χ1) is 14.0. The quantitative estimate of drug-likeness (QED) is 0.474. The standard InChI is InChI=1S/C19H19BrN6O2S/c1-10-3-2-5-25(10)6-4-21-17(27)11-7-12-15(22-8-11)16-14(18(28)23-12)19-26(24-16)9-13(20)29-19/h7-10H,2-6H2,1H3,(H,21,27)(H,23,28). The van der Waals surface area contributed by atoms with Crippen LogP contribution < -0.4 is 10.9 Å². The molecule has 0 aromatic carbocycles. The Bertz CT molecular complexity index is 1310. The van der Waals surface area contributed by atoms with Crippen LogP contribution >= 0.6 is 27.3 Å². The molecule has 1 amide bonds. The Morgan fingerprint density at radius 1 is 1.45 bits per heavy atom. The second kappa shape index (κ2) is 7.19. The molecule has 5 rings (SSSR count). The predicted octanol–water partition coefficient (Wildman–Crippen LogP) is 2.76. The first-order valence-electron chi connectivity index (χ1n) is 9.53. The molecular weight excluding hydrogens is 456 g/mol. The lowest BCUT2D eigenvalue weighted by atomic mass is 10.2. The number of H-pyrrole nitrogens is 1. The summed E-state index contributed by atoms with van der Waals surface area (Å²) in [7, 11) is 0. The molecule has 1 unspecified atom stereocenters. The Hall–Kier alpha value is -2.30. The number of rotatable bonds is 4. The van der Waals surface area contributed by atoms with Crippen LogP contribution in [0.3, 0.4) is 0 Å². The highest BCUT2D eigenvalue weighted by molar-refractivity contribution is 9.11. The van der Waals surface area contributed by atoms with E-state index < -0.39 is 0 Å². The first-order valence-corrected chi connectivity index (χ1v) is 11.1. The van der Waals surface area contributed by atoms with E-state index in [9.17, 15) is 9.59 Å². The molecule has 150 valence electrons. The second-order valence-corrected chi connectivity index (χ2v) is 9.78. The minimum absolute atomic E-state index is 0.193. The van der Waals surface area contributed by atoms with Crippen molar-refractivity contribution in [3.05, 3.63) is 38.2 Å². The number of carbonyl (C=O) groups excluding carboxylic acids is 1. The lowest BCUT2D eigenvalue weighted by Gasteiger charge is -2.20. The maximum atomic E-state index is 12.7. The third-order valence-electron chi connectivity index (χ3n) is 5.51. The van der Waals surface area contributed by atoms with Crippen molar-refractivity contribution in [1.29, 1.82) is 0 Å². The topological polar surface area (TPSA) is 95.4 Å². The lowest BCUT2D eigenvalue weighted by Crippen LogP contribution is -2.36. The van der Waals surface area contributed by atoms with Crippen LogP contribution in [0.5, 0.6) is 0 Å². The van der Waals surface area contributed by atoms with Gasteiger partial charge in [-0.05, 0) is 48.3 Å². The van der Waals surface area contributed by atoms with E-state index in [-0.39, 0.29) is 11.5 Å². The number of aromatic amines is 1. The molecule has 10 heteroatoms. The van der Waals surface area contributed by atoms with Crippen LogP contribution in [0.2, 0.25) is 0 Å². The lowest BCUT2D eigenvalue weighted by molar-refractivity contribution is 0.0947. The van der Waals surface area contributed by atoms with E-state index in [2.05, 4.69) is 48.1 Å². The van der Waals surface area contributed by atoms with Gasteiger partial charge in [0.2, 0.25) is 0 Å². The van der Waals surface area contributed by atoms with Crippen LogP contribution in [-0.4, -0.2) is 56.1 Å². The largest absolute Gasteiger partial charge is 0.351 e. The van der Waals surface area contributed by atoms with E-state index in [1.165, 1.54) is 30.4 Å². The highest BCUT2D eigenvalue weighted by Gasteiger charge is 2.20. The fourth-order valence-corrected chi connectivity index (χ4v) is 5.46. The molecule has 29 heavy (non-hydrogen) atoms. The predicted molar refractivity (Wildman–Crippen MR) is 117 cm³/mol. The zero-order chi connectivity index (χ0) is 20.1. The SMILES string of the molecule is CC1CCCN1CCNC(=O)c1cnc2c(c1)[nH]c(=O)c1c2nn2cc(Br)sc12. The van der Waals surface area contributed by atoms with Crippen LogP contribution in [-0.2, 0) is 0 Å². The number of fused-ring (bicyclic) bond motifs is 5. The van der Waals surface area contributed by atoms with Gasteiger partial charge in [-0.2, -0.15) is 5.10 Å². The zero-order valence-electron chi connectivity index (χ0n) is 15.7. The van der Waals surface area contributed by atoms with Gasteiger partial charge >= 0.3 is 0 Å². The highest BCUT2D eigenvalue weighted by Crippen LogP contribution is 2.30. The second-order valence-electron chi connectivity index (χ2n) is 7.37. The third kappa shape index (κ3) is 3.24. The molecular formula is C19H19BrN6O2S. The molecule has 4 aromatic rings. The zero-order valence-corrected chi connectivity index (χ0v) is 18.1. The molecule has 0 spiro atoms. The van der Waals surface area contributed by atoms with Gasteiger partial charge in [-0.15, -0.1) is 11.3 Å². The number of carbonyl (C=O) groups is 1. The van der Waals surface area contributed by atoms with Crippen LogP contribution in [0, 0.1) is 0 Å². The van der Waals surface area contributed by atoms with Crippen molar-refractivity contribution in [3.63, 3.8) is 0 Å². The summed E-state index contributed by atoms with van der Waals surface area (Å²) in [5.74, 6) is -0.193. The van der Waals surface area contributed by atoms with Gasteiger partial charge in [0, 0.05) is 25.3 Å². The van der Waals surface area contributed by atoms with Crippen LogP contribution in [0.15, 0.2) is 27.0 Å². The van der Waals surface area contributed by atoms with E-state index in [0.29, 0.717) is 40.1 Å². The smallest absolute Gasteiger partial charge is 0.261 e. The highest BCUT2D eigenvalue weighted by atomic mass is 79.9. The molecule has 0 bridgehead atoms. The summed E-state index contributed by atoms with van der Waals surface area (Å²) < 4.78 is 2.57. The molecule has 1 aliphatic rings. The first kappa shape index (κ1) is 18.7. The van der Waals surface area contributed by atoms with Crippen molar-refractivity contribution < 1.29 is 4.79 Å². The van der Waals surface area contributed by atoms with Crippen LogP contribution in [0.25, 0.3) is 26.8 Å². The van der Waals surface area contributed by atoms with Gasteiger partial charge in [0.15, 0.2) is 0 Å². The average molecular weight is 475 g/mol. The van der Waals surface area contributed by atoms with E-state index in [1.807, 2.05) is 6.20 Å². The third-order valence-corrected chi connectivity index (χ3v) is 7.08. The molecule has 8 nitrogen and oxygen atoms in total. The number of likely N-dealkylation sites (tertiary alicyclic amines) is 1. The van der Waals surface area contributed by atoms with Crippen molar-refractivity contribution >= 4 is 59.9 Å². The van der Waals surface area contributed by atoms with Crippen LogP contribution in [0.1, 0.15) is 30.1 Å². The van der Waals surface area contributed by atoms with E-state index >= 15 is 0 Å². The number of amides is 1. The molecule has 5 heterocycles. The molecule has 1 fully saturated rings. The van der Waals surface area contributed by atoms with Crippen LogP contribution in [0.4, 0.5) is 0 Å². The Labute approximate surface area is 178 Å². The van der Waals surface area contributed by atoms with Crippen molar-refractivity contribution in [2.75, 3.05) is 19.6 Å². The van der Waals surface area contributed by atoms with Gasteiger partial charge in [-0.3, -0.25) is 19.5 Å². The summed E-state index contributed by atoms with van der Waals surface area (Å²) in [5, 5.41) is 7.97. The van der Waals surface area contributed by atoms with Gasteiger partial charge in [0.1, 0.15) is 21.3 Å². The number of nitrogens with one attached hydrogen (secondary N) is 2. The summed E-state index contributed by atoms with van der Waals surface area (Å²) >= 11 is 4.86. The number of halogens is 1. The number of hydrogen-bond donors (Lipinski definition) is 2. The number of hydrogen-bond acceptors (Lipinski definition) is 6. The molecule has 0 aliphatic carbocycles. The van der Waals surface area contributed by atoms with Crippen molar-refractivity contribution in [3.8, 4) is 0 Å². The molecule has 1 atom stereocenters. The summed E-state index contributed by atoms with van der Waals surface area (Å²) in [5.41, 5.74) is 1.81. The van der Waals surface area contributed by atoms with Crippen molar-refractivity contribution in [2.24, 2.45) is 0 Å².